The van der Waals surface area contributed by atoms with Crippen molar-refractivity contribution in [3.05, 3.63) is 78.0 Å². The highest BCUT2D eigenvalue weighted by molar-refractivity contribution is 5.89. The number of carbonyl (C=O) groups is 1. The first kappa shape index (κ1) is 18.5. The van der Waals surface area contributed by atoms with Gasteiger partial charge in [0.25, 0.3) is 0 Å². The molecule has 4 heteroatoms. The molecule has 148 valence electrons. The minimum atomic E-state index is 0.111. The number of fused-ring (bicyclic) bond motifs is 3. The van der Waals surface area contributed by atoms with E-state index in [4.69, 9.17) is 4.74 Å². The Bertz CT molecular complexity index is 985. The number of ether oxygens (including phenoxy) is 1. The second-order valence-corrected chi connectivity index (χ2v) is 8.31. The predicted octanol–water partition coefficient (Wildman–Crippen LogP) is 4.03. The fraction of sp³-hybridized carbons (Fsp3) is 0.360. The highest BCUT2D eigenvalue weighted by atomic mass is 16.5. The summed E-state index contributed by atoms with van der Waals surface area (Å²) < 4.78 is 5.85. The van der Waals surface area contributed by atoms with Gasteiger partial charge in [0, 0.05) is 42.6 Å². The molecule has 3 aromatic rings. The second kappa shape index (κ2) is 8.05. The van der Waals surface area contributed by atoms with Gasteiger partial charge in [-0.1, -0.05) is 54.6 Å². The molecule has 3 heterocycles. The van der Waals surface area contributed by atoms with Crippen molar-refractivity contribution in [2.24, 2.45) is 5.92 Å². The molecule has 5 rings (SSSR count). The van der Waals surface area contributed by atoms with Crippen molar-refractivity contribution in [2.75, 3.05) is 13.2 Å². The maximum Gasteiger partial charge on any atom is 0.140 e. The Morgan fingerprint density at radius 2 is 1.72 bits per heavy atom. The monoisotopic (exact) mass is 386 g/mol. The van der Waals surface area contributed by atoms with E-state index in [0.717, 1.165) is 49.1 Å². The molecule has 29 heavy (non-hydrogen) atoms. The number of nitrogens with zero attached hydrogens (tertiary/aromatic N) is 2. The highest BCUT2D eigenvalue weighted by Crippen LogP contribution is 2.34. The summed E-state index contributed by atoms with van der Waals surface area (Å²) in [6.45, 7) is 2.39. The number of hydrogen-bond acceptors (Lipinski definition) is 4. The molecule has 0 spiro atoms. The lowest BCUT2D eigenvalue weighted by molar-refractivity contribution is -0.133. The van der Waals surface area contributed by atoms with Gasteiger partial charge in [-0.25, -0.2) is 0 Å². The molecule has 0 saturated carbocycles. The molecule has 2 bridgehead atoms. The van der Waals surface area contributed by atoms with E-state index in [1.807, 2.05) is 18.2 Å². The molecule has 2 aromatic carbocycles. The van der Waals surface area contributed by atoms with Crippen LogP contribution in [0.5, 0.6) is 0 Å². The van der Waals surface area contributed by atoms with Crippen LogP contribution in [-0.2, 0) is 22.5 Å². The number of carbonyl (C=O) groups excluding carboxylic acids is 1. The summed E-state index contributed by atoms with van der Waals surface area (Å²) in [5, 5.41) is 1.10. The van der Waals surface area contributed by atoms with E-state index in [9.17, 15) is 4.79 Å². The van der Waals surface area contributed by atoms with Crippen LogP contribution in [0.2, 0.25) is 0 Å². The maximum atomic E-state index is 13.2. The van der Waals surface area contributed by atoms with E-state index in [1.54, 1.807) is 6.20 Å². The average Bonchev–Trinajstić information content (AvgIpc) is 2.74. The summed E-state index contributed by atoms with van der Waals surface area (Å²) in [6.07, 6.45) is 4.05. The number of benzene rings is 2. The van der Waals surface area contributed by atoms with E-state index in [2.05, 4.69) is 52.3 Å². The zero-order valence-electron chi connectivity index (χ0n) is 16.5. The van der Waals surface area contributed by atoms with E-state index in [0.29, 0.717) is 24.3 Å². The summed E-state index contributed by atoms with van der Waals surface area (Å²) in [5.74, 6) is 0.458. The zero-order chi connectivity index (χ0) is 19.6. The molecule has 2 aliphatic heterocycles. The third-order valence-electron chi connectivity index (χ3n) is 6.42. The van der Waals surface area contributed by atoms with Gasteiger partial charge in [-0.2, -0.15) is 0 Å². The summed E-state index contributed by atoms with van der Waals surface area (Å²) >= 11 is 0. The topological polar surface area (TPSA) is 42.4 Å². The zero-order valence-corrected chi connectivity index (χ0v) is 16.5. The second-order valence-electron chi connectivity index (χ2n) is 8.31. The molecule has 0 N–H and O–H groups in total. The summed E-state index contributed by atoms with van der Waals surface area (Å²) in [7, 11) is 0. The van der Waals surface area contributed by atoms with Crippen LogP contribution in [0.15, 0.2) is 66.9 Å². The number of rotatable bonds is 5. The lowest BCUT2D eigenvalue weighted by Gasteiger charge is -2.48. The molecular formula is C25H26N2O2. The molecule has 2 aliphatic rings. The molecule has 2 fully saturated rings. The molecule has 2 atom stereocenters. The lowest BCUT2D eigenvalue weighted by atomic mass is 9.80. The van der Waals surface area contributed by atoms with Crippen molar-refractivity contribution < 1.29 is 9.53 Å². The SMILES string of the molecule is O=C(Cc1cccc2cccnc12)C1CC2COCC(C1)N2Cc1ccccc1. The Balaban J connectivity index is 1.31. The van der Waals surface area contributed by atoms with E-state index < -0.39 is 0 Å². The molecule has 1 aromatic heterocycles. The van der Waals surface area contributed by atoms with Crippen molar-refractivity contribution in [2.45, 2.75) is 37.9 Å². The number of hydrogen-bond donors (Lipinski definition) is 0. The summed E-state index contributed by atoms with van der Waals surface area (Å²) in [5.41, 5.74) is 3.32. The van der Waals surface area contributed by atoms with Gasteiger partial charge >= 0.3 is 0 Å². The van der Waals surface area contributed by atoms with Gasteiger partial charge in [-0.3, -0.25) is 14.7 Å². The summed E-state index contributed by atoms with van der Waals surface area (Å²) in [4.78, 5) is 20.3. The smallest absolute Gasteiger partial charge is 0.140 e. The van der Waals surface area contributed by atoms with Crippen LogP contribution in [0.1, 0.15) is 24.0 Å². The average molecular weight is 386 g/mol. The van der Waals surface area contributed by atoms with Crippen LogP contribution in [-0.4, -0.2) is 41.0 Å². The number of morpholine rings is 1. The Morgan fingerprint density at radius 3 is 2.52 bits per heavy atom. The maximum absolute atomic E-state index is 13.2. The van der Waals surface area contributed by atoms with Gasteiger partial charge in [0.2, 0.25) is 0 Å². The van der Waals surface area contributed by atoms with Gasteiger partial charge in [0.1, 0.15) is 5.78 Å². The number of para-hydroxylation sites is 1. The van der Waals surface area contributed by atoms with Crippen LogP contribution in [0.3, 0.4) is 0 Å². The lowest BCUT2D eigenvalue weighted by Crippen LogP contribution is -2.57. The van der Waals surface area contributed by atoms with Crippen LogP contribution in [0.25, 0.3) is 10.9 Å². The van der Waals surface area contributed by atoms with Gasteiger partial charge in [0.05, 0.1) is 18.7 Å². The summed E-state index contributed by atoms with van der Waals surface area (Å²) in [6, 6.07) is 21.4. The quantitative estimate of drug-likeness (QED) is 0.664. The van der Waals surface area contributed by atoms with Crippen molar-refractivity contribution >= 4 is 16.7 Å². The van der Waals surface area contributed by atoms with Crippen molar-refractivity contribution in [3.8, 4) is 0 Å². The third-order valence-corrected chi connectivity index (χ3v) is 6.42. The van der Waals surface area contributed by atoms with Gasteiger partial charge in [0.15, 0.2) is 0 Å². The predicted molar refractivity (Wildman–Crippen MR) is 114 cm³/mol. The molecular weight excluding hydrogens is 360 g/mol. The molecule has 2 saturated heterocycles. The van der Waals surface area contributed by atoms with E-state index in [1.165, 1.54) is 5.56 Å². The minimum absolute atomic E-state index is 0.111. The number of Topliss-reactive ketones (excluding diaryl/α,β-unsaturated/α-hetero) is 1. The molecule has 2 unspecified atom stereocenters. The number of ketones is 1. The van der Waals surface area contributed by atoms with Crippen LogP contribution < -0.4 is 0 Å². The van der Waals surface area contributed by atoms with Crippen LogP contribution in [0.4, 0.5) is 0 Å². The van der Waals surface area contributed by atoms with Crippen LogP contribution >= 0.6 is 0 Å². The Morgan fingerprint density at radius 1 is 0.966 bits per heavy atom. The van der Waals surface area contributed by atoms with Gasteiger partial charge < -0.3 is 4.74 Å². The number of aromatic nitrogens is 1. The minimum Gasteiger partial charge on any atom is -0.378 e. The van der Waals surface area contributed by atoms with Crippen molar-refractivity contribution in [3.63, 3.8) is 0 Å². The fourth-order valence-corrected chi connectivity index (χ4v) is 4.95. The van der Waals surface area contributed by atoms with Crippen molar-refractivity contribution in [1.82, 2.24) is 9.88 Å². The molecule has 0 aliphatic carbocycles. The Kier molecular flexibility index (Phi) is 5.13. The Hall–Kier alpha value is -2.56. The van der Waals surface area contributed by atoms with Crippen molar-refractivity contribution in [1.29, 1.82) is 0 Å². The molecule has 4 nitrogen and oxygen atoms in total. The number of pyridine rings is 1. The van der Waals surface area contributed by atoms with Gasteiger partial charge in [-0.05, 0) is 30.0 Å². The molecule has 0 radical (unpaired) electrons. The van der Waals surface area contributed by atoms with E-state index in [-0.39, 0.29) is 5.92 Å². The first-order valence-corrected chi connectivity index (χ1v) is 10.5. The van der Waals surface area contributed by atoms with Crippen LogP contribution in [0, 0.1) is 5.92 Å². The largest absolute Gasteiger partial charge is 0.378 e. The van der Waals surface area contributed by atoms with Gasteiger partial charge in [-0.15, -0.1) is 0 Å². The highest BCUT2D eigenvalue weighted by Gasteiger charge is 2.41. The van der Waals surface area contributed by atoms with E-state index >= 15 is 0 Å². The first-order chi connectivity index (χ1) is 14.3. The normalized spacial score (nSPS) is 24.5. The standard InChI is InChI=1S/C25H26N2O2/c28-24(14-20-9-4-8-19-10-5-11-26-25(19)20)21-12-22-16-29-17-23(13-21)27(22)15-18-6-2-1-3-7-18/h1-11,21-23H,12-17H2. The fourth-order valence-electron chi connectivity index (χ4n) is 4.95. The Labute approximate surface area is 171 Å². The number of piperidine rings is 1. The third kappa shape index (κ3) is 3.83. The molecule has 0 amide bonds. The first-order valence-electron chi connectivity index (χ1n) is 10.5.